The first kappa shape index (κ1) is 11.3. The van der Waals surface area contributed by atoms with Gasteiger partial charge in [-0.1, -0.05) is 24.3 Å². The van der Waals surface area contributed by atoms with Gasteiger partial charge in [0.15, 0.2) is 0 Å². The predicted octanol–water partition coefficient (Wildman–Crippen LogP) is 1.96. The van der Waals surface area contributed by atoms with Crippen LogP contribution in [0.5, 0.6) is 5.75 Å². The number of carbonyl (C=O) groups excluding carboxylic acids is 1. The maximum atomic E-state index is 11.7. The molecule has 0 amide bonds. The molecule has 1 unspecified atom stereocenters. The Kier molecular flexibility index (Phi) is 3.18. The summed E-state index contributed by atoms with van der Waals surface area (Å²) in [5.74, 6) is -0.0523. The Morgan fingerprint density at radius 2 is 2.06 bits per heavy atom. The van der Waals surface area contributed by atoms with Gasteiger partial charge >= 0.3 is 5.97 Å². The Morgan fingerprint density at radius 3 is 2.65 bits per heavy atom. The minimum absolute atomic E-state index is 0.151. The maximum absolute atomic E-state index is 11.7. The summed E-state index contributed by atoms with van der Waals surface area (Å²) in [6, 6.07) is 7.97. The molecular formula is C12H11NO4. The van der Waals surface area contributed by atoms with Crippen molar-refractivity contribution in [1.82, 2.24) is 0 Å². The van der Waals surface area contributed by atoms with Gasteiger partial charge in [-0.25, -0.2) is 4.79 Å². The van der Waals surface area contributed by atoms with Crippen molar-refractivity contribution in [2.75, 3.05) is 0 Å². The van der Waals surface area contributed by atoms with Crippen molar-refractivity contribution in [3.8, 4) is 5.75 Å². The highest BCUT2D eigenvalue weighted by molar-refractivity contribution is 5.90. The van der Waals surface area contributed by atoms with Crippen molar-refractivity contribution in [2.45, 2.75) is 18.9 Å². The molecule has 0 bridgehead atoms. The molecule has 0 heterocycles. The van der Waals surface area contributed by atoms with Crippen LogP contribution in [-0.4, -0.2) is 16.9 Å². The molecule has 17 heavy (non-hydrogen) atoms. The summed E-state index contributed by atoms with van der Waals surface area (Å²) in [7, 11) is 0. The summed E-state index contributed by atoms with van der Waals surface area (Å²) in [5, 5.41) is 10.5. The maximum Gasteiger partial charge on any atom is 0.339 e. The van der Waals surface area contributed by atoms with E-state index in [1.165, 1.54) is 0 Å². The van der Waals surface area contributed by atoms with Crippen molar-refractivity contribution in [3.63, 3.8) is 0 Å². The third-order valence-corrected chi connectivity index (χ3v) is 2.61. The SMILES string of the molecule is O=C(Oc1ccccc1)C1=CCC([N+](=O)[O-])C1. The van der Waals surface area contributed by atoms with E-state index in [9.17, 15) is 14.9 Å². The van der Waals surface area contributed by atoms with Crippen molar-refractivity contribution in [3.05, 3.63) is 52.1 Å². The minimum Gasteiger partial charge on any atom is -0.423 e. The zero-order valence-corrected chi connectivity index (χ0v) is 9.04. The molecule has 1 aliphatic carbocycles. The average molecular weight is 233 g/mol. The lowest BCUT2D eigenvalue weighted by molar-refractivity contribution is -0.519. The Hall–Kier alpha value is -2.17. The number of hydrogen-bond acceptors (Lipinski definition) is 4. The molecule has 1 aliphatic rings. The fraction of sp³-hybridized carbons (Fsp3) is 0.250. The lowest BCUT2D eigenvalue weighted by Gasteiger charge is -2.04. The molecule has 0 spiro atoms. The largest absolute Gasteiger partial charge is 0.423 e. The number of benzene rings is 1. The van der Waals surface area contributed by atoms with E-state index in [-0.39, 0.29) is 11.3 Å². The Bertz CT molecular complexity index is 467. The van der Waals surface area contributed by atoms with Gasteiger partial charge in [0.1, 0.15) is 5.75 Å². The van der Waals surface area contributed by atoms with E-state index in [1.807, 2.05) is 6.07 Å². The highest BCUT2D eigenvalue weighted by Gasteiger charge is 2.30. The summed E-state index contributed by atoms with van der Waals surface area (Å²) in [6.07, 6.45) is 2.03. The standard InChI is InChI=1S/C12H11NO4/c14-12(17-11-4-2-1-3-5-11)9-6-7-10(8-9)13(15)16/h1-6,10H,7-8H2. The molecule has 5 heteroatoms. The van der Waals surface area contributed by atoms with Crippen molar-refractivity contribution < 1.29 is 14.5 Å². The van der Waals surface area contributed by atoms with Gasteiger partial charge < -0.3 is 4.74 Å². The first-order valence-corrected chi connectivity index (χ1v) is 5.26. The van der Waals surface area contributed by atoms with Crippen LogP contribution in [0.4, 0.5) is 0 Å². The van der Waals surface area contributed by atoms with Crippen LogP contribution in [0.3, 0.4) is 0 Å². The number of esters is 1. The minimum atomic E-state index is -0.687. The third-order valence-electron chi connectivity index (χ3n) is 2.61. The van der Waals surface area contributed by atoms with Gasteiger partial charge in [-0.15, -0.1) is 0 Å². The van der Waals surface area contributed by atoms with Gasteiger partial charge in [0.25, 0.3) is 0 Å². The first-order chi connectivity index (χ1) is 8.16. The lowest BCUT2D eigenvalue weighted by atomic mass is 10.2. The van der Waals surface area contributed by atoms with E-state index in [0.717, 1.165) is 0 Å². The van der Waals surface area contributed by atoms with Gasteiger partial charge in [0.05, 0.1) is 0 Å². The molecule has 5 nitrogen and oxygen atoms in total. The van der Waals surface area contributed by atoms with Crippen LogP contribution in [0.2, 0.25) is 0 Å². The number of ether oxygens (including phenoxy) is 1. The van der Waals surface area contributed by atoms with Crippen molar-refractivity contribution >= 4 is 5.97 Å². The van der Waals surface area contributed by atoms with Crippen LogP contribution in [-0.2, 0) is 4.79 Å². The molecule has 0 saturated carbocycles. The number of hydrogen-bond donors (Lipinski definition) is 0. The van der Waals surface area contributed by atoms with Crippen molar-refractivity contribution in [1.29, 1.82) is 0 Å². The van der Waals surface area contributed by atoms with E-state index in [4.69, 9.17) is 4.74 Å². The van der Waals surface area contributed by atoms with Crippen molar-refractivity contribution in [2.24, 2.45) is 0 Å². The molecule has 1 aromatic rings. The second-order valence-electron chi connectivity index (χ2n) is 3.81. The van der Waals surface area contributed by atoms with Crippen LogP contribution < -0.4 is 4.74 Å². The second kappa shape index (κ2) is 4.78. The third kappa shape index (κ3) is 2.69. The van der Waals surface area contributed by atoms with Crippen LogP contribution in [0.1, 0.15) is 12.8 Å². The summed E-state index contributed by atoms with van der Waals surface area (Å²) in [4.78, 5) is 21.9. The molecule has 0 aliphatic heterocycles. The number of para-hydroxylation sites is 1. The van der Waals surface area contributed by atoms with Gasteiger partial charge in [0.2, 0.25) is 6.04 Å². The smallest absolute Gasteiger partial charge is 0.339 e. The molecule has 0 saturated heterocycles. The van der Waals surface area contributed by atoms with Gasteiger partial charge in [-0.2, -0.15) is 0 Å². The van der Waals surface area contributed by atoms with E-state index in [1.54, 1.807) is 30.3 Å². The molecule has 2 rings (SSSR count). The van der Waals surface area contributed by atoms with E-state index < -0.39 is 12.0 Å². The molecule has 1 atom stereocenters. The Balaban J connectivity index is 1.97. The second-order valence-corrected chi connectivity index (χ2v) is 3.81. The zero-order valence-electron chi connectivity index (χ0n) is 9.04. The highest BCUT2D eigenvalue weighted by atomic mass is 16.6. The molecule has 88 valence electrons. The monoisotopic (exact) mass is 233 g/mol. The normalized spacial score (nSPS) is 18.6. The molecule has 0 N–H and O–H groups in total. The van der Waals surface area contributed by atoms with Gasteiger partial charge in [0, 0.05) is 23.3 Å². The topological polar surface area (TPSA) is 69.4 Å². The summed E-state index contributed by atoms with van der Waals surface area (Å²) >= 11 is 0. The van der Waals surface area contributed by atoms with Crippen LogP contribution in [0, 0.1) is 10.1 Å². The molecule has 1 aromatic carbocycles. The predicted molar refractivity (Wildman–Crippen MR) is 60.2 cm³/mol. The Labute approximate surface area is 97.9 Å². The van der Waals surface area contributed by atoms with Crippen LogP contribution in [0.25, 0.3) is 0 Å². The zero-order chi connectivity index (χ0) is 12.3. The fourth-order valence-corrected chi connectivity index (χ4v) is 1.69. The van der Waals surface area contributed by atoms with E-state index >= 15 is 0 Å². The van der Waals surface area contributed by atoms with Gasteiger partial charge in [-0.3, -0.25) is 10.1 Å². The molecule has 0 radical (unpaired) electrons. The number of rotatable bonds is 3. The number of carbonyl (C=O) groups is 1. The summed E-state index contributed by atoms with van der Waals surface area (Å²) in [5.41, 5.74) is 0.385. The van der Waals surface area contributed by atoms with E-state index in [0.29, 0.717) is 17.7 Å². The molecule has 0 fully saturated rings. The lowest BCUT2D eigenvalue weighted by Crippen LogP contribution is -2.18. The van der Waals surface area contributed by atoms with E-state index in [2.05, 4.69) is 0 Å². The number of nitro groups is 1. The number of nitrogens with zero attached hydrogens (tertiary/aromatic N) is 1. The quantitative estimate of drug-likeness (QED) is 0.346. The average Bonchev–Trinajstić information content (AvgIpc) is 2.79. The summed E-state index contributed by atoms with van der Waals surface area (Å²) < 4.78 is 5.10. The molecule has 0 aromatic heterocycles. The summed E-state index contributed by atoms with van der Waals surface area (Å²) in [6.45, 7) is 0. The Morgan fingerprint density at radius 1 is 1.35 bits per heavy atom. The van der Waals surface area contributed by atoms with Gasteiger partial charge in [-0.05, 0) is 12.1 Å². The first-order valence-electron chi connectivity index (χ1n) is 5.26. The van der Waals surface area contributed by atoms with Crippen LogP contribution >= 0.6 is 0 Å². The van der Waals surface area contributed by atoms with Crippen LogP contribution in [0.15, 0.2) is 42.0 Å². The highest BCUT2D eigenvalue weighted by Crippen LogP contribution is 2.23. The fourth-order valence-electron chi connectivity index (χ4n) is 1.69. The molecular weight excluding hydrogens is 222 g/mol.